The Morgan fingerprint density at radius 1 is 1.60 bits per heavy atom. The highest BCUT2D eigenvalue weighted by Crippen LogP contribution is 2.28. The summed E-state index contributed by atoms with van der Waals surface area (Å²) in [6.45, 7) is 2.63. The fraction of sp³-hybridized carbons (Fsp3) is 0.545. The Hall–Kier alpha value is -1.29. The minimum absolute atomic E-state index is 0.0496. The molecule has 82 valence electrons. The van der Waals surface area contributed by atoms with Gasteiger partial charge in [-0.1, -0.05) is 0 Å². The topological polar surface area (TPSA) is 62.5 Å². The van der Waals surface area contributed by atoms with E-state index in [-0.39, 0.29) is 12.0 Å². The molecule has 1 aromatic heterocycles. The summed E-state index contributed by atoms with van der Waals surface area (Å²) in [6, 6.07) is 3.87. The highest BCUT2D eigenvalue weighted by molar-refractivity contribution is 5.70. The SMILES string of the molecule is Cc1ccc(C2CC(C(=O)O)CCN2)o1. The van der Waals surface area contributed by atoms with Gasteiger partial charge in [0, 0.05) is 0 Å². The summed E-state index contributed by atoms with van der Waals surface area (Å²) in [5, 5.41) is 12.2. The lowest BCUT2D eigenvalue weighted by Crippen LogP contribution is -2.34. The van der Waals surface area contributed by atoms with Crippen LogP contribution in [0.2, 0.25) is 0 Å². The molecule has 0 radical (unpaired) electrons. The van der Waals surface area contributed by atoms with E-state index in [1.165, 1.54) is 0 Å². The zero-order valence-corrected chi connectivity index (χ0v) is 8.69. The van der Waals surface area contributed by atoms with Gasteiger partial charge in [0.15, 0.2) is 0 Å². The van der Waals surface area contributed by atoms with E-state index in [2.05, 4.69) is 5.32 Å². The zero-order valence-electron chi connectivity index (χ0n) is 8.69. The molecule has 2 heterocycles. The number of carboxylic acids is 1. The second-order valence-corrected chi connectivity index (χ2v) is 4.01. The number of furan rings is 1. The third-order valence-electron chi connectivity index (χ3n) is 2.86. The van der Waals surface area contributed by atoms with Gasteiger partial charge in [0.2, 0.25) is 0 Å². The van der Waals surface area contributed by atoms with Gasteiger partial charge >= 0.3 is 5.97 Å². The minimum Gasteiger partial charge on any atom is -0.481 e. The molecular formula is C11H15NO3. The van der Waals surface area contributed by atoms with Crippen LogP contribution in [0, 0.1) is 12.8 Å². The molecule has 15 heavy (non-hydrogen) atoms. The van der Waals surface area contributed by atoms with Crippen LogP contribution in [0.1, 0.15) is 30.4 Å². The van der Waals surface area contributed by atoms with Gasteiger partial charge in [-0.3, -0.25) is 4.79 Å². The lowest BCUT2D eigenvalue weighted by atomic mass is 9.91. The van der Waals surface area contributed by atoms with Gasteiger partial charge in [-0.15, -0.1) is 0 Å². The first-order chi connectivity index (χ1) is 7.16. The first-order valence-electron chi connectivity index (χ1n) is 5.19. The molecule has 2 atom stereocenters. The maximum absolute atomic E-state index is 10.9. The third-order valence-corrected chi connectivity index (χ3v) is 2.86. The van der Waals surface area contributed by atoms with Crippen LogP contribution in [0.15, 0.2) is 16.5 Å². The average Bonchev–Trinajstić information content (AvgIpc) is 2.65. The molecule has 1 saturated heterocycles. The number of rotatable bonds is 2. The molecule has 2 N–H and O–H groups in total. The van der Waals surface area contributed by atoms with Crippen molar-refractivity contribution in [2.75, 3.05) is 6.54 Å². The first-order valence-corrected chi connectivity index (χ1v) is 5.19. The van der Waals surface area contributed by atoms with Gasteiger partial charge in [0.1, 0.15) is 11.5 Å². The Morgan fingerprint density at radius 3 is 3.00 bits per heavy atom. The van der Waals surface area contributed by atoms with Crippen molar-refractivity contribution in [1.29, 1.82) is 0 Å². The fourth-order valence-electron chi connectivity index (χ4n) is 2.00. The summed E-state index contributed by atoms with van der Waals surface area (Å²) in [5.41, 5.74) is 0. The number of carbonyl (C=O) groups is 1. The summed E-state index contributed by atoms with van der Waals surface area (Å²) in [7, 11) is 0. The summed E-state index contributed by atoms with van der Waals surface area (Å²) >= 11 is 0. The number of aliphatic carboxylic acids is 1. The van der Waals surface area contributed by atoms with Crippen molar-refractivity contribution >= 4 is 5.97 Å². The van der Waals surface area contributed by atoms with Crippen LogP contribution in [0.3, 0.4) is 0 Å². The van der Waals surface area contributed by atoms with Crippen molar-refractivity contribution in [1.82, 2.24) is 5.32 Å². The molecule has 0 amide bonds. The van der Waals surface area contributed by atoms with Crippen molar-refractivity contribution in [3.8, 4) is 0 Å². The van der Waals surface area contributed by atoms with Crippen LogP contribution >= 0.6 is 0 Å². The Balaban J connectivity index is 2.07. The second kappa shape index (κ2) is 4.06. The summed E-state index contributed by atoms with van der Waals surface area (Å²) in [4.78, 5) is 10.9. The summed E-state index contributed by atoms with van der Waals surface area (Å²) in [6.07, 6.45) is 1.31. The molecule has 1 fully saturated rings. The van der Waals surface area contributed by atoms with Crippen LogP contribution in [0.5, 0.6) is 0 Å². The summed E-state index contributed by atoms with van der Waals surface area (Å²) in [5.74, 6) is 0.758. The summed E-state index contributed by atoms with van der Waals surface area (Å²) < 4.78 is 5.50. The third kappa shape index (κ3) is 2.21. The fourth-order valence-corrected chi connectivity index (χ4v) is 2.00. The molecule has 0 aromatic carbocycles. The maximum atomic E-state index is 10.9. The van der Waals surface area contributed by atoms with E-state index in [4.69, 9.17) is 9.52 Å². The normalized spacial score (nSPS) is 26.5. The quantitative estimate of drug-likeness (QED) is 0.778. The van der Waals surface area contributed by atoms with Crippen LogP contribution in [-0.4, -0.2) is 17.6 Å². The molecule has 4 heteroatoms. The van der Waals surface area contributed by atoms with Gasteiger partial charge in [-0.05, 0) is 38.4 Å². The zero-order chi connectivity index (χ0) is 10.8. The monoisotopic (exact) mass is 209 g/mol. The molecule has 1 aromatic rings. The molecule has 0 spiro atoms. The van der Waals surface area contributed by atoms with Crippen LogP contribution in [-0.2, 0) is 4.79 Å². The van der Waals surface area contributed by atoms with E-state index in [1.807, 2.05) is 19.1 Å². The van der Waals surface area contributed by atoms with Crippen LogP contribution in [0.25, 0.3) is 0 Å². The molecular weight excluding hydrogens is 194 g/mol. The molecule has 0 bridgehead atoms. The average molecular weight is 209 g/mol. The molecule has 0 saturated carbocycles. The lowest BCUT2D eigenvalue weighted by molar-refractivity contribution is -0.143. The van der Waals surface area contributed by atoms with E-state index in [0.717, 1.165) is 18.1 Å². The molecule has 2 rings (SSSR count). The van der Waals surface area contributed by atoms with E-state index < -0.39 is 5.97 Å². The molecule has 0 aliphatic carbocycles. The Bertz CT molecular complexity index is 358. The van der Waals surface area contributed by atoms with Crippen molar-refractivity contribution in [3.63, 3.8) is 0 Å². The number of carboxylic acid groups (broad SMARTS) is 1. The maximum Gasteiger partial charge on any atom is 0.306 e. The van der Waals surface area contributed by atoms with Crippen molar-refractivity contribution < 1.29 is 14.3 Å². The Labute approximate surface area is 88.3 Å². The highest BCUT2D eigenvalue weighted by atomic mass is 16.4. The number of aryl methyl sites for hydroxylation is 1. The number of nitrogens with one attached hydrogen (secondary N) is 1. The van der Waals surface area contributed by atoms with Crippen molar-refractivity contribution in [2.45, 2.75) is 25.8 Å². The Morgan fingerprint density at radius 2 is 2.40 bits per heavy atom. The minimum atomic E-state index is -0.704. The molecule has 1 aliphatic rings. The predicted molar refractivity (Wildman–Crippen MR) is 54.5 cm³/mol. The standard InChI is InChI=1S/C11H15NO3/c1-7-2-3-10(15-7)9-6-8(11(13)14)4-5-12-9/h2-3,8-9,12H,4-6H2,1H3,(H,13,14). The van der Waals surface area contributed by atoms with E-state index in [0.29, 0.717) is 12.8 Å². The second-order valence-electron chi connectivity index (χ2n) is 4.01. The van der Waals surface area contributed by atoms with Gasteiger partial charge in [-0.2, -0.15) is 0 Å². The lowest BCUT2D eigenvalue weighted by Gasteiger charge is -2.26. The van der Waals surface area contributed by atoms with E-state index in [9.17, 15) is 4.79 Å². The van der Waals surface area contributed by atoms with Crippen molar-refractivity contribution in [3.05, 3.63) is 23.7 Å². The number of hydrogen-bond acceptors (Lipinski definition) is 3. The van der Waals surface area contributed by atoms with Gasteiger partial charge in [0.05, 0.1) is 12.0 Å². The smallest absolute Gasteiger partial charge is 0.306 e. The van der Waals surface area contributed by atoms with Gasteiger partial charge < -0.3 is 14.8 Å². The van der Waals surface area contributed by atoms with Crippen molar-refractivity contribution in [2.24, 2.45) is 5.92 Å². The van der Waals surface area contributed by atoms with Crippen LogP contribution in [0.4, 0.5) is 0 Å². The van der Waals surface area contributed by atoms with Gasteiger partial charge in [0.25, 0.3) is 0 Å². The predicted octanol–water partition coefficient (Wildman–Crippen LogP) is 1.71. The molecule has 2 unspecified atom stereocenters. The molecule has 1 aliphatic heterocycles. The number of hydrogen-bond donors (Lipinski definition) is 2. The Kier molecular flexibility index (Phi) is 2.77. The number of piperidine rings is 1. The first kappa shape index (κ1) is 10.2. The largest absolute Gasteiger partial charge is 0.481 e. The van der Waals surface area contributed by atoms with E-state index in [1.54, 1.807) is 0 Å². The highest BCUT2D eigenvalue weighted by Gasteiger charge is 2.28. The van der Waals surface area contributed by atoms with Gasteiger partial charge in [-0.25, -0.2) is 0 Å². The molecule has 4 nitrogen and oxygen atoms in total. The van der Waals surface area contributed by atoms with Crippen LogP contribution < -0.4 is 5.32 Å². The van der Waals surface area contributed by atoms with E-state index >= 15 is 0 Å².